The first-order valence-electron chi connectivity index (χ1n) is 5.75. The van der Waals surface area contributed by atoms with Gasteiger partial charge in [-0.2, -0.15) is 4.31 Å². The molecule has 2 aromatic rings. The molecular weight excluding hydrogens is 300 g/mol. The normalized spacial score (nSPS) is 11.8. The molecule has 0 spiro atoms. The summed E-state index contributed by atoms with van der Waals surface area (Å²) in [4.78, 5) is 3.86. The second-order valence-corrected chi connectivity index (χ2v) is 6.68. The largest absolute Gasteiger partial charge is 0.508 e. The van der Waals surface area contributed by atoms with E-state index in [1.807, 2.05) is 0 Å². The number of aromatic nitrogens is 1. The number of aromatic hydroxyl groups is 1. The van der Waals surface area contributed by atoms with Gasteiger partial charge in [0.2, 0.25) is 10.0 Å². The van der Waals surface area contributed by atoms with Crippen LogP contribution in [0.5, 0.6) is 5.75 Å². The molecule has 1 heterocycles. The van der Waals surface area contributed by atoms with E-state index in [0.717, 1.165) is 5.56 Å². The summed E-state index contributed by atoms with van der Waals surface area (Å²) in [7, 11) is -2.13. The predicted octanol–water partition coefficient (Wildman–Crippen LogP) is 2.26. The second-order valence-electron chi connectivity index (χ2n) is 4.24. The van der Waals surface area contributed by atoms with Crippen LogP contribution < -0.4 is 0 Å². The minimum atomic E-state index is -3.61. The van der Waals surface area contributed by atoms with E-state index in [-0.39, 0.29) is 22.3 Å². The van der Waals surface area contributed by atoms with Crippen molar-refractivity contribution in [2.75, 3.05) is 7.05 Å². The molecule has 0 bridgehead atoms. The van der Waals surface area contributed by atoms with E-state index in [0.29, 0.717) is 0 Å². The van der Waals surface area contributed by atoms with Crippen molar-refractivity contribution in [3.05, 3.63) is 53.3 Å². The molecule has 0 aliphatic heterocycles. The molecule has 0 radical (unpaired) electrons. The molecule has 1 aromatic carbocycles. The highest BCUT2D eigenvalue weighted by molar-refractivity contribution is 7.89. The standard InChI is InChI=1S/C13H13ClN2O3S/c1-16(9-10-2-4-11(17)5-3-10)20(18,19)12-6-7-13(14)15-8-12/h2-8,17H,9H2,1H3. The Hall–Kier alpha value is -1.63. The number of halogens is 1. The lowest BCUT2D eigenvalue weighted by Gasteiger charge is -2.17. The predicted molar refractivity (Wildman–Crippen MR) is 76.0 cm³/mol. The van der Waals surface area contributed by atoms with Crippen LogP contribution in [0.15, 0.2) is 47.5 Å². The summed E-state index contributed by atoms with van der Waals surface area (Å²) in [6.07, 6.45) is 1.23. The first-order valence-corrected chi connectivity index (χ1v) is 7.57. The summed E-state index contributed by atoms with van der Waals surface area (Å²) in [6.45, 7) is 0.200. The summed E-state index contributed by atoms with van der Waals surface area (Å²) in [5.74, 6) is 0.140. The number of sulfonamides is 1. The molecule has 5 nitrogen and oxygen atoms in total. The Kier molecular flexibility index (Phi) is 4.27. The van der Waals surface area contributed by atoms with Gasteiger partial charge in [0.25, 0.3) is 0 Å². The molecule has 0 aliphatic rings. The van der Waals surface area contributed by atoms with Gasteiger partial charge in [0.1, 0.15) is 15.8 Å². The van der Waals surface area contributed by atoms with E-state index in [4.69, 9.17) is 11.6 Å². The summed E-state index contributed by atoms with van der Waals surface area (Å²) in [5.41, 5.74) is 0.774. The zero-order valence-corrected chi connectivity index (χ0v) is 12.3. The van der Waals surface area contributed by atoms with Crippen LogP contribution in [0.25, 0.3) is 0 Å². The van der Waals surface area contributed by atoms with Crippen molar-refractivity contribution in [3.8, 4) is 5.75 Å². The molecule has 0 saturated heterocycles. The van der Waals surface area contributed by atoms with Gasteiger partial charge in [-0.25, -0.2) is 13.4 Å². The molecule has 0 atom stereocenters. The molecule has 1 N–H and O–H groups in total. The summed E-state index contributed by atoms with van der Waals surface area (Å²) in [6, 6.07) is 9.21. The first kappa shape index (κ1) is 14.8. The number of phenols is 1. The quantitative estimate of drug-likeness (QED) is 0.879. The SMILES string of the molecule is CN(Cc1ccc(O)cc1)S(=O)(=O)c1ccc(Cl)nc1. The molecule has 20 heavy (non-hydrogen) atoms. The number of hydrogen-bond acceptors (Lipinski definition) is 4. The van der Waals surface area contributed by atoms with E-state index in [1.165, 1.54) is 41.8 Å². The highest BCUT2D eigenvalue weighted by atomic mass is 35.5. The third-order valence-electron chi connectivity index (χ3n) is 2.75. The van der Waals surface area contributed by atoms with E-state index in [1.54, 1.807) is 12.1 Å². The smallest absolute Gasteiger partial charge is 0.244 e. The summed E-state index contributed by atoms with van der Waals surface area (Å²) >= 11 is 5.64. The molecule has 0 fully saturated rings. The lowest BCUT2D eigenvalue weighted by Crippen LogP contribution is -2.26. The maximum Gasteiger partial charge on any atom is 0.244 e. The fourth-order valence-electron chi connectivity index (χ4n) is 1.64. The lowest BCUT2D eigenvalue weighted by molar-refractivity contribution is 0.463. The molecule has 0 aliphatic carbocycles. The fraction of sp³-hybridized carbons (Fsp3) is 0.154. The zero-order valence-electron chi connectivity index (χ0n) is 10.7. The average molecular weight is 313 g/mol. The Morgan fingerprint density at radius 1 is 1.20 bits per heavy atom. The van der Waals surface area contributed by atoms with Crippen molar-refractivity contribution < 1.29 is 13.5 Å². The van der Waals surface area contributed by atoms with Crippen molar-refractivity contribution in [1.82, 2.24) is 9.29 Å². The Balaban J connectivity index is 2.21. The first-order chi connectivity index (χ1) is 9.39. The van der Waals surface area contributed by atoms with Crippen molar-refractivity contribution in [2.24, 2.45) is 0 Å². The van der Waals surface area contributed by atoms with Crippen LogP contribution in [0.4, 0.5) is 0 Å². The van der Waals surface area contributed by atoms with Gasteiger partial charge in [-0.3, -0.25) is 0 Å². The Bertz CT molecular complexity index is 685. The third kappa shape index (κ3) is 3.27. The minimum absolute atomic E-state index is 0.0863. The maximum atomic E-state index is 12.3. The topological polar surface area (TPSA) is 70.5 Å². The van der Waals surface area contributed by atoms with E-state index < -0.39 is 10.0 Å². The lowest BCUT2D eigenvalue weighted by atomic mass is 10.2. The molecule has 0 amide bonds. The molecule has 1 aromatic heterocycles. The molecule has 106 valence electrons. The summed E-state index contributed by atoms with van der Waals surface area (Å²) in [5, 5.41) is 9.44. The molecular formula is C13H13ClN2O3S. The van der Waals surface area contributed by atoms with Gasteiger partial charge in [-0.05, 0) is 29.8 Å². The Morgan fingerprint density at radius 2 is 1.85 bits per heavy atom. The fourth-order valence-corrected chi connectivity index (χ4v) is 2.85. The second kappa shape index (κ2) is 5.78. The highest BCUT2D eigenvalue weighted by Gasteiger charge is 2.21. The van der Waals surface area contributed by atoms with Crippen molar-refractivity contribution in [3.63, 3.8) is 0 Å². The van der Waals surface area contributed by atoms with Crippen LogP contribution in [-0.4, -0.2) is 29.9 Å². The van der Waals surface area contributed by atoms with E-state index in [2.05, 4.69) is 4.98 Å². The van der Waals surface area contributed by atoms with Gasteiger partial charge in [0.05, 0.1) is 0 Å². The monoisotopic (exact) mass is 312 g/mol. The van der Waals surface area contributed by atoms with E-state index in [9.17, 15) is 13.5 Å². The van der Waals surface area contributed by atoms with Crippen LogP contribution in [0.3, 0.4) is 0 Å². The van der Waals surface area contributed by atoms with Gasteiger partial charge in [-0.1, -0.05) is 23.7 Å². The average Bonchev–Trinajstić information content (AvgIpc) is 2.42. The van der Waals surface area contributed by atoms with Gasteiger partial charge < -0.3 is 5.11 Å². The zero-order chi connectivity index (χ0) is 14.8. The minimum Gasteiger partial charge on any atom is -0.508 e. The van der Waals surface area contributed by atoms with Crippen molar-refractivity contribution in [1.29, 1.82) is 0 Å². The van der Waals surface area contributed by atoms with Gasteiger partial charge >= 0.3 is 0 Å². The Labute approximate surface area is 122 Å². The number of nitrogens with zero attached hydrogens (tertiary/aromatic N) is 2. The van der Waals surface area contributed by atoms with Gasteiger partial charge in [0.15, 0.2) is 0 Å². The maximum absolute atomic E-state index is 12.3. The number of phenolic OH excluding ortho intramolecular Hbond substituents is 1. The van der Waals surface area contributed by atoms with Crippen molar-refractivity contribution in [2.45, 2.75) is 11.4 Å². The van der Waals surface area contributed by atoms with Gasteiger partial charge in [0, 0.05) is 19.8 Å². The number of benzene rings is 1. The molecule has 2 rings (SSSR count). The number of pyridine rings is 1. The highest BCUT2D eigenvalue weighted by Crippen LogP contribution is 2.18. The summed E-state index contributed by atoms with van der Waals surface area (Å²) < 4.78 is 25.8. The van der Waals surface area contributed by atoms with Crippen LogP contribution in [-0.2, 0) is 16.6 Å². The molecule has 0 unspecified atom stereocenters. The van der Waals surface area contributed by atoms with Crippen LogP contribution in [0.1, 0.15) is 5.56 Å². The third-order valence-corrected chi connectivity index (χ3v) is 4.76. The van der Waals surface area contributed by atoms with Crippen LogP contribution >= 0.6 is 11.6 Å². The van der Waals surface area contributed by atoms with Crippen molar-refractivity contribution >= 4 is 21.6 Å². The molecule has 0 saturated carbocycles. The Morgan fingerprint density at radius 3 is 2.40 bits per heavy atom. The van der Waals surface area contributed by atoms with Gasteiger partial charge in [-0.15, -0.1) is 0 Å². The number of rotatable bonds is 4. The van der Waals surface area contributed by atoms with Crippen LogP contribution in [0, 0.1) is 0 Å². The van der Waals surface area contributed by atoms with E-state index >= 15 is 0 Å². The number of hydrogen-bond donors (Lipinski definition) is 1. The van der Waals surface area contributed by atoms with Crippen LogP contribution in [0.2, 0.25) is 5.15 Å². The molecule has 7 heteroatoms.